The predicted molar refractivity (Wildman–Crippen MR) is 226 cm³/mol. The van der Waals surface area contributed by atoms with Crippen molar-refractivity contribution in [2.75, 3.05) is 41.7 Å². The van der Waals surface area contributed by atoms with Crippen LogP contribution in [0, 0.1) is 11.8 Å². The molecule has 4 rings (SSSR count). The molecule has 6 nitrogen and oxygen atoms in total. The first-order valence-electron chi connectivity index (χ1n) is 19.7. The number of methoxy groups -OCH3 is 4. The van der Waals surface area contributed by atoms with Gasteiger partial charge in [0, 0.05) is 0 Å². The molecule has 6 heteroatoms. The molecule has 0 heterocycles. The summed E-state index contributed by atoms with van der Waals surface area (Å²) in [5.74, 6) is 5.05. The molecule has 0 aromatic heterocycles. The average Bonchev–Trinajstić information content (AvgIpc) is 3.22. The summed E-state index contributed by atoms with van der Waals surface area (Å²) in [5, 5.41) is 0. The fourth-order valence-corrected chi connectivity index (χ4v) is 6.43. The molecule has 0 amide bonds. The SMILES string of the molecule is CCCCC(CC)COc1c(OC)cc(/C=C/c2ccc(-c3ccc(/C=C/c4cc(OC)c(OCC(CC)CCCC)c(OC)c4)cc3)cc2)cc1OC. The van der Waals surface area contributed by atoms with E-state index in [4.69, 9.17) is 28.4 Å². The van der Waals surface area contributed by atoms with Gasteiger partial charge in [-0.05, 0) is 82.3 Å². The second kappa shape index (κ2) is 22.4. The number of benzene rings is 4. The standard InChI is InChI=1S/C48H62O6/c1-9-13-15-35(11-3)33-53-47-43(49-5)29-39(30-44(47)50-6)19-17-37-21-25-41(26-22-37)42-27-23-38(24-28-42)18-20-40-31-45(51-7)48(46(32-40)52-8)54-34-36(12-4)16-14-10-2/h17-32,35-36H,9-16,33-34H2,1-8H3/b19-17+,20-18+. The number of ether oxygens (including phenoxy) is 6. The molecule has 0 saturated carbocycles. The van der Waals surface area contributed by atoms with E-state index in [1.54, 1.807) is 28.4 Å². The Labute approximate surface area is 325 Å². The summed E-state index contributed by atoms with van der Waals surface area (Å²) in [4.78, 5) is 0. The normalized spacial score (nSPS) is 12.5. The molecule has 2 unspecified atom stereocenters. The molecule has 0 aliphatic heterocycles. The summed E-state index contributed by atoms with van der Waals surface area (Å²) in [6.45, 7) is 10.2. The Bertz CT molecular complexity index is 1570. The van der Waals surface area contributed by atoms with Gasteiger partial charge in [0.05, 0.1) is 41.7 Å². The minimum Gasteiger partial charge on any atom is -0.493 e. The van der Waals surface area contributed by atoms with Crippen molar-refractivity contribution in [1.82, 2.24) is 0 Å². The second-order valence-corrected chi connectivity index (χ2v) is 13.9. The van der Waals surface area contributed by atoms with Crippen LogP contribution in [0.2, 0.25) is 0 Å². The van der Waals surface area contributed by atoms with E-state index in [-0.39, 0.29) is 0 Å². The lowest BCUT2D eigenvalue weighted by atomic mass is 10.0. The van der Waals surface area contributed by atoms with Crippen molar-refractivity contribution in [3.63, 3.8) is 0 Å². The van der Waals surface area contributed by atoms with Crippen molar-refractivity contribution in [1.29, 1.82) is 0 Å². The third-order valence-electron chi connectivity index (χ3n) is 10.1. The topological polar surface area (TPSA) is 55.4 Å². The van der Waals surface area contributed by atoms with E-state index in [1.165, 1.54) is 25.7 Å². The van der Waals surface area contributed by atoms with Gasteiger partial charge in [-0.25, -0.2) is 0 Å². The van der Waals surface area contributed by atoms with Crippen LogP contribution in [0.4, 0.5) is 0 Å². The first-order valence-corrected chi connectivity index (χ1v) is 19.7. The lowest BCUT2D eigenvalue weighted by Gasteiger charge is -2.19. The Morgan fingerprint density at radius 2 is 0.759 bits per heavy atom. The zero-order chi connectivity index (χ0) is 38.7. The maximum atomic E-state index is 6.27. The summed E-state index contributed by atoms with van der Waals surface area (Å²) in [6, 6.07) is 25.1. The Kier molecular flexibility index (Phi) is 17.4. The smallest absolute Gasteiger partial charge is 0.203 e. The van der Waals surface area contributed by atoms with E-state index < -0.39 is 0 Å². The van der Waals surface area contributed by atoms with Crippen LogP contribution in [0.3, 0.4) is 0 Å². The molecule has 4 aromatic carbocycles. The van der Waals surface area contributed by atoms with Gasteiger partial charge in [0.25, 0.3) is 0 Å². The number of rotatable bonds is 23. The third-order valence-corrected chi connectivity index (χ3v) is 10.1. The Morgan fingerprint density at radius 1 is 0.444 bits per heavy atom. The molecular weight excluding hydrogens is 673 g/mol. The molecule has 0 aliphatic carbocycles. The summed E-state index contributed by atoms with van der Waals surface area (Å²) < 4.78 is 35.5. The van der Waals surface area contributed by atoms with Gasteiger partial charge in [0.1, 0.15) is 0 Å². The highest BCUT2D eigenvalue weighted by atomic mass is 16.5. The highest BCUT2D eigenvalue weighted by Gasteiger charge is 2.17. The fraction of sp³-hybridized carbons (Fsp3) is 0.417. The third kappa shape index (κ3) is 12.1. The van der Waals surface area contributed by atoms with E-state index in [2.05, 4.69) is 101 Å². The monoisotopic (exact) mass is 734 g/mol. The number of hydrogen-bond donors (Lipinski definition) is 0. The van der Waals surface area contributed by atoms with Crippen molar-refractivity contribution < 1.29 is 28.4 Å². The Morgan fingerprint density at radius 3 is 1.04 bits per heavy atom. The van der Waals surface area contributed by atoms with Crippen molar-refractivity contribution >= 4 is 24.3 Å². The van der Waals surface area contributed by atoms with Gasteiger partial charge in [-0.3, -0.25) is 0 Å². The van der Waals surface area contributed by atoms with Gasteiger partial charge in [0.2, 0.25) is 11.5 Å². The van der Waals surface area contributed by atoms with Crippen LogP contribution in [0.5, 0.6) is 34.5 Å². The van der Waals surface area contributed by atoms with Crippen LogP contribution in [0.1, 0.15) is 101 Å². The van der Waals surface area contributed by atoms with Crippen molar-refractivity contribution in [3.05, 3.63) is 95.1 Å². The van der Waals surface area contributed by atoms with Gasteiger partial charge in [-0.15, -0.1) is 0 Å². The highest BCUT2D eigenvalue weighted by molar-refractivity contribution is 5.76. The average molecular weight is 735 g/mol. The maximum Gasteiger partial charge on any atom is 0.203 e. The predicted octanol–water partition coefficient (Wildman–Crippen LogP) is 12.9. The second-order valence-electron chi connectivity index (χ2n) is 13.9. The van der Waals surface area contributed by atoms with E-state index >= 15 is 0 Å². The number of hydrogen-bond acceptors (Lipinski definition) is 6. The molecule has 4 aromatic rings. The summed E-state index contributed by atoms with van der Waals surface area (Å²) in [7, 11) is 6.69. The van der Waals surface area contributed by atoms with Gasteiger partial charge in [-0.1, -0.05) is 139 Å². The van der Waals surface area contributed by atoms with Gasteiger partial charge in [-0.2, -0.15) is 0 Å². The van der Waals surface area contributed by atoms with Crippen molar-refractivity contribution in [2.24, 2.45) is 11.8 Å². The summed E-state index contributed by atoms with van der Waals surface area (Å²) >= 11 is 0. The lowest BCUT2D eigenvalue weighted by Crippen LogP contribution is -2.12. The molecule has 0 N–H and O–H groups in total. The Balaban J connectivity index is 1.41. The van der Waals surface area contributed by atoms with Crippen molar-refractivity contribution in [2.45, 2.75) is 79.1 Å². The van der Waals surface area contributed by atoms with Gasteiger partial charge < -0.3 is 28.4 Å². The zero-order valence-electron chi connectivity index (χ0n) is 33.9. The van der Waals surface area contributed by atoms with E-state index in [0.717, 1.165) is 59.1 Å². The number of unbranched alkanes of at least 4 members (excludes halogenated alkanes) is 2. The lowest BCUT2D eigenvalue weighted by molar-refractivity contribution is 0.215. The zero-order valence-corrected chi connectivity index (χ0v) is 33.9. The molecule has 0 bridgehead atoms. The molecule has 290 valence electrons. The van der Waals surface area contributed by atoms with Gasteiger partial charge >= 0.3 is 0 Å². The highest BCUT2D eigenvalue weighted by Crippen LogP contribution is 2.41. The summed E-state index contributed by atoms with van der Waals surface area (Å²) in [5.41, 5.74) is 6.46. The molecular formula is C48H62O6. The Hall–Kier alpha value is -4.84. The first kappa shape index (κ1) is 41.9. The maximum absolute atomic E-state index is 6.27. The molecule has 0 saturated heterocycles. The van der Waals surface area contributed by atoms with Crippen LogP contribution < -0.4 is 28.4 Å². The molecule has 2 atom stereocenters. The first-order chi connectivity index (χ1) is 26.4. The minimum absolute atomic E-state index is 0.514. The summed E-state index contributed by atoms with van der Waals surface area (Å²) in [6.07, 6.45) is 17.7. The van der Waals surface area contributed by atoms with Crippen LogP contribution in [0.15, 0.2) is 72.8 Å². The molecule has 54 heavy (non-hydrogen) atoms. The molecule has 0 fully saturated rings. The minimum atomic E-state index is 0.514. The van der Waals surface area contributed by atoms with Crippen LogP contribution >= 0.6 is 0 Å². The largest absolute Gasteiger partial charge is 0.493 e. The van der Waals surface area contributed by atoms with Gasteiger partial charge in [0.15, 0.2) is 23.0 Å². The van der Waals surface area contributed by atoms with E-state index in [9.17, 15) is 0 Å². The quantitative estimate of drug-likeness (QED) is 0.0707. The molecule has 0 radical (unpaired) electrons. The van der Waals surface area contributed by atoms with Crippen LogP contribution in [0.25, 0.3) is 35.4 Å². The van der Waals surface area contributed by atoms with Crippen LogP contribution in [-0.4, -0.2) is 41.7 Å². The van der Waals surface area contributed by atoms with E-state index in [1.807, 2.05) is 24.3 Å². The van der Waals surface area contributed by atoms with Crippen molar-refractivity contribution in [3.8, 4) is 45.6 Å². The van der Waals surface area contributed by atoms with Crippen LogP contribution in [-0.2, 0) is 0 Å². The fourth-order valence-electron chi connectivity index (χ4n) is 6.43. The molecule has 0 spiro atoms. The van der Waals surface area contributed by atoms with E-state index in [0.29, 0.717) is 59.5 Å². The molecule has 0 aliphatic rings.